The predicted molar refractivity (Wildman–Crippen MR) is 114 cm³/mol. The maximum Gasteiger partial charge on any atom is 0.322 e. The molecule has 3 heterocycles. The van der Waals surface area contributed by atoms with E-state index >= 15 is 0 Å². The van der Waals surface area contributed by atoms with Crippen LogP contribution >= 0.6 is 23.2 Å². The Hall–Kier alpha value is -1.98. The summed E-state index contributed by atoms with van der Waals surface area (Å²) in [6, 6.07) is 7.40. The third kappa shape index (κ3) is 3.78. The van der Waals surface area contributed by atoms with Crippen molar-refractivity contribution in [2.75, 3.05) is 10.6 Å². The van der Waals surface area contributed by atoms with Gasteiger partial charge in [0.25, 0.3) is 0 Å². The number of hydrogen-bond acceptors (Lipinski definition) is 3. The van der Waals surface area contributed by atoms with Crippen molar-refractivity contribution in [2.45, 2.75) is 57.7 Å². The summed E-state index contributed by atoms with van der Waals surface area (Å²) >= 11 is 12.1. The highest BCUT2D eigenvalue weighted by Crippen LogP contribution is 2.44. The smallest absolute Gasteiger partial charge is 0.322 e. The number of halogens is 2. The van der Waals surface area contributed by atoms with Crippen molar-refractivity contribution in [2.24, 2.45) is 0 Å². The molecule has 2 aromatic rings. The van der Waals surface area contributed by atoms with E-state index in [0.717, 1.165) is 25.1 Å². The minimum atomic E-state index is -0.0984. The lowest BCUT2D eigenvalue weighted by Gasteiger charge is -2.36. The molecule has 0 spiro atoms. The van der Waals surface area contributed by atoms with Crippen molar-refractivity contribution in [3.05, 3.63) is 51.6 Å². The summed E-state index contributed by atoms with van der Waals surface area (Å²) in [5, 5.41) is 7.30. The Bertz CT molecular complexity index is 925. The average Bonchev–Trinajstić information content (AvgIpc) is 2.93. The fourth-order valence-electron chi connectivity index (χ4n) is 4.14. The Morgan fingerprint density at radius 3 is 2.68 bits per heavy atom. The van der Waals surface area contributed by atoms with Gasteiger partial charge in [0.05, 0.1) is 16.1 Å². The molecule has 1 fully saturated rings. The summed E-state index contributed by atoms with van der Waals surface area (Å²) in [5.74, 6) is 0.849. The molecule has 0 radical (unpaired) electrons. The van der Waals surface area contributed by atoms with Gasteiger partial charge in [-0.1, -0.05) is 23.2 Å². The maximum atomic E-state index is 13.1. The SMILES string of the molecule is CC(C)(C)Nc1cc2c(cn1)CC1CCC2N1C(=O)Nc1ccc(Cl)c(Cl)c1. The zero-order chi connectivity index (χ0) is 20.1. The molecular weight excluding hydrogens is 395 g/mol. The van der Waals surface area contributed by atoms with E-state index in [1.807, 2.05) is 11.1 Å². The van der Waals surface area contributed by atoms with E-state index in [4.69, 9.17) is 23.2 Å². The van der Waals surface area contributed by atoms with E-state index in [9.17, 15) is 4.79 Å². The quantitative estimate of drug-likeness (QED) is 0.638. The van der Waals surface area contributed by atoms with Crippen LogP contribution in [0.3, 0.4) is 0 Å². The van der Waals surface area contributed by atoms with Gasteiger partial charge in [-0.15, -0.1) is 0 Å². The van der Waals surface area contributed by atoms with Crippen molar-refractivity contribution in [1.82, 2.24) is 9.88 Å². The number of amides is 2. The van der Waals surface area contributed by atoms with Crippen LogP contribution in [0.15, 0.2) is 30.5 Å². The third-order valence-electron chi connectivity index (χ3n) is 5.25. The van der Waals surface area contributed by atoms with Gasteiger partial charge in [0.1, 0.15) is 5.82 Å². The number of fused-ring (bicyclic) bond motifs is 4. The minimum Gasteiger partial charge on any atom is -0.365 e. The summed E-state index contributed by atoms with van der Waals surface area (Å²) in [5.41, 5.74) is 3.01. The fourth-order valence-corrected chi connectivity index (χ4v) is 4.44. The van der Waals surface area contributed by atoms with Crippen LogP contribution in [-0.2, 0) is 6.42 Å². The molecule has 2 amide bonds. The molecule has 28 heavy (non-hydrogen) atoms. The van der Waals surface area contributed by atoms with Crippen molar-refractivity contribution in [3.63, 3.8) is 0 Å². The molecule has 5 nitrogen and oxygen atoms in total. The lowest BCUT2D eigenvalue weighted by atomic mass is 9.95. The van der Waals surface area contributed by atoms with Gasteiger partial charge in [0, 0.05) is 23.5 Å². The molecule has 0 saturated carbocycles. The standard InChI is InChI=1S/C21H24Cl2N4O/c1-21(2,3)26-19-10-15-12(11-24-19)8-14-5-7-18(15)27(14)20(28)25-13-4-6-16(22)17(23)9-13/h4,6,9-11,14,18H,5,7-8H2,1-3H3,(H,24,26)(H,25,28). The van der Waals surface area contributed by atoms with Crippen LogP contribution in [0.5, 0.6) is 0 Å². The number of nitrogens with zero attached hydrogens (tertiary/aromatic N) is 2. The Labute approximate surface area is 175 Å². The van der Waals surface area contributed by atoms with Gasteiger partial charge < -0.3 is 15.5 Å². The zero-order valence-corrected chi connectivity index (χ0v) is 17.7. The molecule has 2 unspecified atom stereocenters. The highest BCUT2D eigenvalue weighted by Gasteiger charge is 2.43. The number of benzene rings is 1. The average molecular weight is 419 g/mol. The van der Waals surface area contributed by atoms with Crippen LogP contribution in [0, 0.1) is 0 Å². The summed E-state index contributed by atoms with van der Waals surface area (Å²) < 4.78 is 0. The van der Waals surface area contributed by atoms with Gasteiger partial charge in [-0.05, 0) is 75.4 Å². The molecule has 1 aromatic heterocycles. The van der Waals surface area contributed by atoms with Crippen molar-refractivity contribution in [3.8, 4) is 0 Å². The molecular formula is C21H24Cl2N4O. The van der Waals surface area contributed by atoms with Crippen LogP contribution in [0.4, 0.5) is 16.3 Å². The lowest BCUT2D eigenvalue weighted by Crippen LogP contribution is -2.44. The number of anilines is 2. The summed E-state index contributed by atoms with van der Waals surface area (Å²) in [7, 11) is 0. The van der Waals surface area contributed by atoms with Crippen LogP contribution < -0.4 is 10.6 Å². The molecule has 2 aliphatic heterocycles. The van der Waals surface area contributed by atoms with Gasteiger partial charge in [0.15, 0.2) is 0 Å². The van der Waals surface area contributed by atoms with Crippen LogP contribution in [-0.4, -0.2) is 27.5 Å². The van der Waals surface area contributed by atoms with E-state index in [-0.39, 0.29) is 23.7 Å². The Morgan fingerprint density at radius 1 is 1.18 bits per heavy atom. The highest BCUT2D eigenvalue weighted by molar-refractivity contribution is 6.42. The maximum absolute atomic E-state index is 13.1. The molecule has 2 N–H and O–H groups in total. The Morgan fingerprint density at radius 2 is 1.96 bits per heavy atom. The Kier molecular flexibility index (Phi) is 4.92. The molecule has 7 heteroatoms. The normalized spacial score (nSPS) is 20.7. The van der Waals surface area contributed by atoms with Crippen molar-refractivity contribution >= 4 is 40.7 Å². The first-order valence-electron chi connectivity index (χ1n) is 9.52. The zero-order valence-electron chi connectivity index (χ0n) is 16.2. The topological polar surface area (TPSA) is 57.3 Å². The highest BCUT2D eigenvalue weighted by atomic mass is 35.5. The molecule has 0 aliphatic carbocycles. The number of carbonyl (C=O) groups is 1. The molecule has 2 bridgehead atoms. The molecule has 4 rings (SSSR count). The van der Waals surface area contributed by atoms with Gasteiger partial charge in [-0.3, -0.25) is 0 Å². The number of pyridine rings is 1. The number of nitrogens with one attached hydrogen (secondary N) is 2. The van der Waals surface area contributed by atoms with E-state index < -0.39 is 0 Å². The van der Waals surface area contributed by atoms with Crippen LogP contribution in [0.2, 0.25) is 10.0 Å². The summed E-state index contributed by atoms with van der Waals surface area (Å²) in [6.45, 7) is 6.32. The van der Waals surface area contributed by atoms with Gasteiger partial charge in [-0.2, -0.15) is 0 Å². The van der Waals surface area contributed by atoms with Gasteiger partial charge in [0.2, 0.25) is 0 Å². The predicted octanol–water partition coefficient (Wildman–Crippen LogP) is 5.89. The second-order valence-electron chi connectivity index (χ2n) is 8.56. The van der Waals surface area contributed by atoms with Crippen molar-refractivity contribution < 1.29 is 4.79 Å². The van der Waals surface area contributed by atoms with Crippen molar-refractivity contribution in [1.29, 1.82) is 0 Å². The van der Waals surface area contributed by atoms with E-state index in [2.05, 4.69) is 42.5 Å². The number of aromatic nitrogens is 1. The first-order valence-corrected chi connectivity index (χ1v) is 10.3. The monoisotopic (exact) mass is 418 g/mol. The number of carbonyl (C=O) groups excluding carboxylic acids is 1. The fraction of sp³-hybridized carbons (Fsp3) is 0.429. The molecule has 1 saturated heterocycles. The number of hydrogen-bond donors (Lipinski definition) is 2. The lowest BCUT2D eigenvalue weighted by molar-refractivity contribution is 0.179. The van der Waals surface area contributed by atoms with E-state index in [1.165, 1.54) is 11.1 Å². The largest absolute Gasteiger partial charge is 0.365 e. The van der Waals surface area contributed by atoms with Gasteiger partial charge in [-0.25, -0.2) is 9.78 Å². The number of rotatable bonds is 2. The minimum absolute atomic E-state index is 0.0695. The second kappa shape index (κ2) is 7.12. The van der Waals surface area contributed by atoms with Crippen LogP contribution in [0.1, 0.15) is 50.8 Å². The molecule has 2 aliphatic rings. The molecule has 148 valence electrons. The Balaban J connectivity index is 1.58. The third-order valence-corrected chi connectivity index (χ3v) is 5.99. The number of urea groups is 1. The van der Waals surface area contributed by atoms with Crippen LogP contribution in [0.25, 0.3) is 0 Å². The first kappa shape index (κ1) is 19.3. The van der Waals surface area contributed by atoms with E-state index in [0.29, 0.717) is 15.7 Å². The molecule has 1 aromatic carbocycles. The van der Waals surface area contributed by atoms with E-state index in [1.54, 1.807) is 18.2 Å². The summed E-state index contributed by atoms with van der Waals surface area (Å²) in [4.78, 5) is 19.6. The second-order valence-corrected chi connectivity index (χ2v) is 9.38. The molecule has 2 atom stereocenters. The van der Waals surface area contributed by atoms with Gasteiger partial charge >= 0.3 is 6.03 Å². The first-order chi connectivity index (χ1) is 13.2. The summed E-state index contributed by atoms with van der Waals surface area (Å²) in [6.07, 6.45) is 4.76.